The molecule has 0 radical (unpaired) electrons. The van der Waals surface area contributed by atoms with Crippen molar-refractivity contribution in [3.63, 3.8) is 0 Å². The molecule has 2 aromatic carbocycles. The summed E-state index contributed by atoms with van der Waals surface area (Å²) in [6.07, 6.45) is 0.972. The van der Waals surface area contributed by atoms with Crippen LogP contribution in [0.3, 0.4) is 0 Å². The van der Waals surface area contributed by atoms with E-state index in [1.165, 1.54) is 18.7 Å². The van der Waals surface area contributed by atoms with E-state index in [0.717, 1.165) is 12.0 Å². The number of aryl methyl sites for hydroxylation is 1. The minimum Gasteiger partial charge on any atom is -0.497 e. The summed E-state index contributed by atoms with van der Waals surface area (Å²) in [5.74, 6) is 1.12. The van der Waals surface area contributed by atoms with E-state index in [1.807, 2.05) is 24.3 Å². The van der Waals surface area contributed by atoms with Crippen molar-refractivity contribution in [2.24, 2.45) is 5.92 Å². The summed E-state index contributed by atoms with van der Waals surface area (Å²) in [6, 6.07) is 13.0. The maximum absolute atomic E-state index is 13.2. The molecule has 6 nitrogen and oxygen atoms in total. The maximum Gasteiger partial charge on any atom is 0.265 e. The molecule has 1 N–H and O–H groups in total. The molecule has 0 saturated carbocycles. The van der Waals surface area contributed by atoms with Gasteiger partial charge in [0, 0.05) is 17.2 Å². The van der Waals surface area contributed by atoms with Gasteiger partial charge in [-0.15, -0.1) is 0 Å². The van der Waals surface area contributed by atoms with E-state index < -0.39 is 10.0 Å². The van der Waals surface area contributed by atoms with Crippen LogP contribution in [0.15, 0.2) is 51.9 Å². The SMILES string of the molecule is COc1ccc(-c2ccc(CC(C)C)cc2)c(S(=O)(=O)Nc2onc(C)c2C)c1. The molecule has 0 aliphatic heterocycles. The van der Waals surface area contributed by atoms with Gasteiger partial charge >= 0.3 is 0 Å². The van der Waals surface area contributed by atoms with E-state index in [4.69, 9.17) is 9.26 Å². The molecule has 0 amide bonds. The topological polar surface area (TPSA) is 81.4 Å². The molecule has 3 rings (SSSR count). The van der Waals surface area contributed by atoms with E-state index in [-0.39, 0.29) is 10.8 Å². The lowest BCUT2D eigenvalue weighted by atomic mass is 9.99. The molecule has 0 saturated heterocycles. The second kappa shape index (κ2) is 8.29. The van der Waals surface area contributed by atoms with Crippen molar-refractivity contribution in [2.45, 2.75) is 39.0 Å². The number of hydrogen-bond acceptors (Lipinski definition) is 5. The highest BCUT2D eigenvalue weighted by molar-refractivity contribution is 7.92. The highest BCUT2D eigenvalue weighted by Crippen LogP contribution is 2.33. The minimum absolute atomic E-state index is 0.113. The number of nitrogens with zero attached hydrogens (tertiary/aromatic N) is 1. The average Bonchev–Trinajstić information content (AvgIpc) is 2.99. The van der Waals surface area contributed by atoms with Crippen molar-refractivity contribution in [1.82, 2.24) is 5.16 Å². The van der Waals surface area contributed by atoms with Gasteiger partial charge in [-0.2, -0.15) is 0 Å². The van der Waals surface area contributed by atoms with Gasteiger partial charge in [-0.1, -0.05) is 43.3 Å². The molecule has 1 aromatic heterocycles. The van der Waals surface area contributed by atoms with Crippen molar-refractivity contribution in [3.05, 3.63) is 59.3 Å². The zero-order chi connectivity index (χ0) is 21.2. The Balaban J connectivity index is 2.04. The second-order valence-corrected chi connectivity index (χ2v) is 9.14. The molecule has 0 unspecified atom stereocenters. The van der Waals surface area contributed by atoms with Gasteiger partial charge < -0.3 is 9.26 Å². The van der Waals surface area contributed by atoms with Gasteiger partial charge in [0.25, 0.3) is 10.0 Å². The first kappa shape index (κ1) is 20.9. The second-order valence-electron chi connectivity index (χ2n) is 7.48. The lowest BCUT2D eigenvalue weighted by Gasteiger charge is -2.14. The molecule has 29 heavy (non-hydrogen) atoms. The normalized spacial score (nSPS) is 11.7. The summed E-state index contributed by atoms with van der Waals surface area (Å²) in [7, 11) is -2.42. The fourth-order valence-electron chi connectivity index (χ4n) is 3.07. The monoisotopic (exact) mass is 414 g/mol. The first-order valence-corrected chi connectivity index (χ1v) is 10.9. The molecule has 0 bridgehead atoms. The van der Waals surface area contributed by atoms with E-state index in [2.05, 4.69) is 23.7 Å². The largest absolute Gasteiger partial charge is 0.497 e. The number of sulfonamides is 1. The predicted molar refractivity (Wildman–Crippen MR) is 114 cm³/mol. The summed E-state index contributed by atoms with van der Waals surface area (Å²) in [5.41, 5.74) is 3.90. The third-order valence-electron chi connectivity index (χ3n) is 4.77. The van der Waals surface area contributed by atoms with Crippen LogP contribution in [-0.4, -0.2) is 20.7 Å². The quantitative estimate of drug-likeness (QED) is 0.590. The first-order chi connectivity index (χ1) is 13.7. The van der Waals surface area contributed by atoms with Crippen molar-refractivity contribution in [1.29, 1.82) is 0 Å². The fourth-order valence-corrected chi connectivity index (χ4v) is 4.36. The van der Waals surface area contributed by atoms with Crippen LogP contribution in [-0.2, 0) is 16.4 Å². The summed E-state index contributed by atoms with van der Waals surface area (Å²) in [5, 5.41) is 3.81. The molecule has 0 aliphatic carbocycles. The maximum atomic E-state index is 13.2. The van der Waals surface area contributed by atoms with Crippen LogP contribution >= 0.6 is 0 Å². The number of ether oxygens (including phenoxy) is 1. The molecule has 3 aromatic rings. The van der Waals surface area contributed by atoms with Gasteiger partial charge in [-0.3, -0.25) is 0 Å². The Morgan fingerprint density at radius 2 is 1.79 bits per heavy atom. The van der Waals surface area contributed by atoms with Crippen molar-refractivity contribution in [2.75, 3.05) is 11.8 Å². The highest BCUT2D eigenvalue weighted by Gasteiger charge is 2.24. The van der Waals surface area contributed by atoms with Gasteiger partial charge in [0.05, 0.1) is 17.7 Å². The zero-order valence-corrected chi connectivity index (χ0v) is 18.1. The minimum atomic E-state index is -3.93. The van der Waals surface area contributed by atoms with Crippen LogP contribution in [0.4, 0.5) is 5.88 Å². The van der Waals surface area contributed by atoms with Crippen LogP contribution in [0, 0.1) is 19.8 Å². The van der Waals surface area contributed by atoms with E-state index >= 15 is 0 Å². The lowest BCUT2D eigenvalue weighted by molar-refractivity contribution is 0.413. The van der Waals surface area contributed by atoms with Gasteiger partial charge in [-0.05, 0) is 49.4 Å². The standard InChI is InChI=1S/C22H26N2O4S/c1-14(2)12-17-6-8-18(9-7-17)20-11-10-19(27-5)13-21(20)29(25,26)24-22-15(3)16(4)23-28-22/h6-11,13-14,24H,12H2,1-5H3. The molecular formula is C22H26N2O4S. The first-order valence-electron chi connectivity index (χ1n) is 9.44. The Morgan fingerprint density at radius 3 is 2.34 bits per heavy atom. The van der Waals surface area contributed by atoms with Crippen LogP contribution < -0.4 is 9.46 Å². The zero-order valence-electron chi connectivity index (χ0n) is 17.3. The van der Waals surface area contributed by atoms with E-state index in [1.54, 1.807) is 26.0 Å². The van der Waals surface area contributed by atoms with Gasteiger partial charge in [0.1, 0.15) is 5.75 Å². The molecule has 0 atom stereocenters. The summed E-state index contributed by atoms with van der Waals surface area (Å²) < 4.78 is 39.3. The lowest BCUT2D eigenvalue weighted by Crippen LogP contribution is -2.14. The number of nitrogens with one attached hydrogen (secondary N) is 1. The van der Waals surface area contributed by atoms with Crippen LogP contribution in [0.2, 0.25) is 0 Å². The third kappa shape index (κ3) is 4.62. The van der Waals surface area contributed by atoms with Crippen LogP contribution in [0.1, 0.15) is 30.7 Å². The Labute approximate surface area is 171 Å². The molecule has 7 heteroatoms. The van der Waals surface area contributed by atoms with Gasteiger partial charge in [0.2, 0.25) is 5.88 Å². The van der Waals surface area contributed by atoms with Gasteiger partial charge in [0.15, 0.2) is 0 Å². The Kier molecular flexibility index (Phi) is 5.98. The Hall–Kier alpha value is -2.80. The number of rotatable bonds is 7. The van der Waals surface area contributed by atoms with E-state index in [0.29, 0.717) is 28.5 Å². The molecule has 0 aliphatic rings. The molecule has 0 spiro atoms. The third-order valence-corrected chi connectivity index (χ3v) is 6.14. The number of hydrogen-bond donors (Lipinski definition) is 1. The van der Waals surface area contributed by atoms with Crippen molar-refractivity contribution >= 4 is 15.9 Å². The van der Waals surface area contributed by atoms with Crippen LogP contribution in [0.25, 0.3) is 11.1 Å². The Bertz CT molecular complexity index is 1100. The van der Waals surface area contributed by atoms with Gasteiger partial charge in [-0.25, -0.2) is 13.1 Å². The van der Waals surface area contributed by atoms with Crippen molar-refractivity contribution in [3.8, 4) is 16.9 Å². The van der Waals surface area contributed by atoms with Crippen molar-refractivity contribution < 1.29 is 17.7 Å². The fraction of sp³-hybridized carbons (Fsp3) is 0.318. The molecule has 1 heterocycles. The number of benzene rings is 2. The average molecular weight is 415 g/mol. The molecule has 154 valence electrons. The summed E-state index contributed by atoms with van der Waals surface area (Å²) in [4.78, 5) is 0.113. The summed E-state index contributed by atoms with van der Waals surface area (Å²) in [6.45, 7) is 7.85. The summed E-state index contributed by atoms with van der Waals surface area (Å²) >= 11 is 0. The molecular weight excluding hydrogens is 388 g/mol. The number of aromatic nitrogens is 1. The highest BCUT2D eigenvalue weighted by atomic mass is 32.2. The van der Waals surface area contributed by atoms with E-state index in [9.17, 15) is 8.42 Å². The smallest absolute Gasteiger partial charge is 0.265 e. The van der Waals surface area contributed by atoms with Crippen LogP contribution in [0.5, 0.6) is 5.75 Å². The predicted octanol–water partition coefficient (Wildman–Crippen LogP) is 4.97. The number of methoxy groups -OCH3 is 1. The molecule has 0 fully saturated rings. The Morgan fingerprint density at radius 1 is 1.10 bits per heavy atom. The number of anilines is 1.